The van der Waals surface area contributed by atoms with Gasteiger partial charge >= 0.3 is 0 Å². The molecule has 2 aromatic rings. The van der Waals surface area contributed by atoms with E-state index in [1.165, 1.54) is 22.1 Å². The fourth-order valence-corrected chi connectivity index (χ4v) is 3.05. The van der Waals surface area contributed by atoms with Gasteiger partial charge in [0.15, 0.2) is 0 Å². The van der Waals surface area contributed by atoms with Crippen molar-refractivity contribution in [2.45, 2.75) is 19.9 Å². The fraction of sp³-hybridized carbons (Fsp3) is 0.467. The Bertz CT molecular complexity index is 478. The molecule has 1 aromatic carbocycles. The number of nitrogens with zero attached hydrogens (tertiary/aromatic N) is 1. The number of fused-ring (bicyclic) bond motifs is 1. The summed E-state index contributed by atoms with van der Waals surface area (Å²) in [5.74, 6) is 0. The molecule has 1 heterocycles. The summed E-state index contributed by atoms with van der Waals surface area (Å²) in [5.41, 5.74) is 1.45. The summed E-state index contributed by atoms with van der Waals surface area (Å²) in [6, 6.07) is 8.67. The van der Waals surface area contributed by atoms with E-state index in [9.17, 15) is 0 Å². The van der Waals surface area contributed by atoms with Gasteiger partial charge in [0.2, 0.25) is 0 Å². The topological polar surface area (TPSA) is 15.3 Å². The molecule has 1 aromatic heterocycles. The van der Waals surface area contributed by atoms with E-state index in [4.69, 9.17) is 0 Å². The van der Waals surface area contributed by atoms with Crippen LogP contribution in [0.4, 0.5) is 0 Å². The fourth-order valence-electron chi connectivity index (χ4n) is 2.10. The SMILES string of the molecule is CCCNCCN(C)Cc1csc2ccccc12. The number of nitrogens with one attached hydrogen (secondary N) is 1. The Morgan fingerprint density at radius 2 is 2.06 bits per heavy atom. The second-order valence-electron chi connectivity index (χ2n) is 4.74. The van der Waals surface area contributed by atoms with Crippen LogP contribution in [0.25, 0.3) is 10.1 Å². The lowest BCUT2D eigenvalue weighted by molar-refractivity contribution is 0.326. The second-order valence-corrected chi connectivity index (χ2v) is 5.66. The first-order chi connectivity index (χ1) is 8.81. The molecule has 0 unspecified atom stereocenters. The molecule has 0 aliphatic heterocycles. The molecular weight excluding hydrogens is 240 g/mol. The van der Waals surface area contributed by atoms with Crippen LogP contribution in [0.5, 0.6) is 0 Å². The van der Waals surface area contributed by atoms with Gasteiger partial charge in [-0.25, -0.2) is 0 Å². The van der Waals surface area contributed by atoms with Crippen molar-refractivity contribution in [1.82, 2.24) is 10.2 Å². The minimum atomic E-state index is 1.04. The summed E-state index contributed by atoms with van der Waals surface area (Å²) in [4.78, 5) is 2.39. The highest BCUT2D eigenvalue weighted by Crippen LogP contribution is 2.26. The highest BCUT2D eigenvalue weighted by molar-refractivity contribution is 7.17. The predicted molar refractivity (Wildman–Crippen MR) is 81.3 cm³/mol. The largest absolute Gasteiger partial charge is 0.315 e. The summed E-state index contributed by atoms with van der Waals surface area (Å²) >= 11 is 1.85. The molecule has 18 heavy (non-hydrogen) atoms. The van der Waals surface area contributed by atoms with Crippen molar-refractivity contribution in [3.8, 4) is 0 Å². The van der Waals surface area contributed by atoms with Crippen LogP contribution in [0, 0.1) is 0 Å². The van der Waals surface area contributed by atoms with Crippen LogP contribution in [-0.2, 0) is 6.54 Å². The molecule has 3 heteroatoms. The van der Waals surface area contributed by atoms with Gasteiger partial charge < -0.3 is 10.2 Å². The molecule has 0 bridgehead atoms. The van der Waals surface area contributed by atoms with Gasteiger partial charge in [0.25, 0.3) is 0 Å². The van der Waals surface area contributed by atoms with E-state index in [0.717, 1.165) is 26.2 Å². The summed E-state index contributed by atoms with van der Waals surface area (Å²) in [5, 5.41) is 7.15. The van der Waals surface area contributed by atoms with Crippen LogP contribution in [-0.4, -0.2) is 31.6 Å². The maximum Gasteiger partial charge on any atom is 0.0346 e. The lowest BCUT2D eigenvalue weighted by Crippen LogP contribution is -2.29. The van der Waals surface area contributed by atoms with Crippen molar-refractivity contribution >= 4 is 21.4 Å². The molecule has 2 rings (SSSR count). The second kappa shape index (κ2) is 6.88. The third-order valence-electron chi connectivity index (χ3n) is 3.10. The quantitative estimate of drug-likeness (QED) is 0.770. The Hall–Kier alpha value is -0.900. The number of hydrogen-bond donors (Lipinski definition) is 1. The Morgan fingerprint density at radius 3 is 2.89 bits per heavy atom. The number of hydrogen-bond acceptors (Lipinski definition) is 3. The Labute approximate surface area is 114 Å². The lowest BCUT2D eigenvalue weighted by atomic mass is 10.2. The zero-order chi connectivity index (χ0) is 12.8. The molecule has 1 N–H and O–H groups in total. The molecule has 0 saturated heterocycles. The van der Waals surface area contributed by atoms with Gasteiger partial charge in [-0.2, -0.15) is 0 Å². The zero-order valence-corrected chi connectivity index (χ0v) is 12.1. The molecule has 98 valence electrons. The number of benzene rings is 1. The number of thiophene rings is 1. The van der Waals surface area contributed by atoms with E-state index in [1.807, 2.05) is 11.3 Å². The summed E-state index contributed by atoms with van der Waals surface area (Å²) < 4.78 is 1.39. The number of rotatable bonds is 7. The van der Waals surface area contributed by atoms with E-state index >= 15 is 0 Å². The van der Waals surface area contributed by atoms with Gasteiger partial charge in [-0.15, -0.1) is 11.3 Å². The average Bonchev–Trinajstić information content (AvgIpc) is 2.78. The first-order valence-corrected chi connectivity index (χ1v) is 7.53. The van der Waals surface area contributed by atoms with Crippen molar-refractivity contribution in [1.29, 1.82) is 0 Å². The molecule has 0 amide bonds. The van der Waals surface area contributed by atoms with Crippen LogP contribution in [0.3, 0.4) is 0 Å². The van der Waals surface area contributed by atoms with Crippen LogP contribution in [0.1, 0.15) is 18.9 Å². The molecule has 0 aliphatic carbocycles. The van der Waals surface area contributed by atoms with Crippen LogP contribution in [0.15, 0.2) is 29.6 Å². The highest BCUT2D eigenvalue weighted by Gasteiger charge is 2.05. The van der Waals surface area contributed by atoms with Crippen molar-refractivity contribution in [2.24, 2.45) is 0 Å². The maximum atomic E-state index is 3.44. The summed E-state index contributed by atoms with van der Waals surface area (Å²) in [6.45, 7) is 6.54. The average molecular weight is 262 g/mol. The Balaban J connectivity index is 1.88. The standard InChI is InChI=1S/C15H22N2S/c1-3-8-16-9-10-17(2)11-13-12-18-15-7-5-4-6-14(13)15/h4-7,12,16H,3,8-11H2,1-2H3. The maximum absolute atomic E-state index is 3.44. The molecule has 0 spiro atoms. The summed E-state index contributed by atoms with van der Waals surface area (Å²) in [7, 11) is 2.19. The molecule has 0 radical (unpaired) electrons. The molecule has 0 atom stereocenters. The Morgan fingerprint density at radius 1 is 1.22 bits per heavy atom. The van der Waals surface area contributed by atoms with E-state index < -0.39 is 0 Å². The van der Waals surface area contributed by atoms with Gasteiger partial charge in [0.05, 0.1) is 0 Å². The smallest absolute Gasteiger partial charge is 0.0346 e. The van der Waals surface area contributed by atoms with Gasteiger partial charge in [-0.1, -0.05) is 25.1 Å². The van der Waals surface area contributed by atoms with E-state index in [-0.39, 0.29) is 0 Å². The molecule has 0 aliphatic rings. The van der Waals surface area contributed by atoms with Crippen molar-refractivity contribution in [2.75, 3.05) is 26.7 Å². The van der Waals surface area contributed by atoms with E-state index in [1.54, 1.807) is 0 Å². The van der Waals surface area contributed by atoms with Crippen molar-refractivity contribution < 1.29 is 0 Å². The number of likely N-dealkylation sites (N-methyl/N-ethyl adjacent to an activating group) is 1. The summed E-state index contributed by atoms with van der Waals surface area (Å²) in [6.07, 6.45) is 1.21. The van der Waals surface area contributed by atoms with Crippen molar-refractivity contribution in [3.63, 3.8) is 0 Å². The molecule has 0 fully saturated rings. The third-order valence-corrected chi connectivity index (χ3v) is 4.11. The predicted octanol–water partition coefficient (Wildman–Crippen LogP) is 3.33. The normalized spacial score (nSPS) is 11.5. The van der Waals surface area contributed by atoms with Crippen molar-refractivity contribution in [3.05, 3.63) is 35.2 Å². The van der Waals surface area contributed by atoms with Gasteiger partial charge in [-0.05, 0) is 42.4 Å². The zero-order valence-electron chi connectivity index (χ0n) is 11.3. The minimum absolute atomic E-state index is 1.04. The van der Waals surface area contributed by atoms with Gasteiger partial charge in [0, 0.05) is 24.3 Å². The molecule has 2 nitrogen and oxygen atoms in total. The highest BCUT2D eigenvalue weighted by atomic mass is 32.1. The van der Waals surface area contributed by atoms with Crippen LogP contribution < -0.4 is 5.32 Å². The van der Waals surface area contributed by atoms with Gasteiger partial charge in [-0.3, -0.25) is 0 Å². The molecule has 0 saturated carbocycles. The van der Waals surface area contributed by atoms with Crippen LogP contribution in [0.2, 0.25) is 0 Å². The monoisotopic (exact) mass is 262 g/mol. The first-order valence-electron chi connectivity index (χ1n) is 6.65. The van der Waals surface area contributed by atoms with Gasteiger partial charge in [0.1, 0.15) is 0 Å². The Kier molecular flexibility index (Phi) is 5.17. The van der Waals surface area contributed by atoms with E-state index in [0.29, 0.717) is 0 Å². The van der Waals surface area contributed by atoms with E-state index in [2.05, 4.69) is 53.8 Å². The third kappa shape index (κ3) is 3.55. The lowest BCUT2D eigenvalue weighted by Gasteiger charge is -2.16. The molecular formula is C15H22N2S. The minimum Gasteiger partial charge on any atom is -0.315 e. The van der Waals surface area contributed by atoms with Crippen LogP contribution >= 0.6 is 11.3 Å². The first kappa shape index (κ1) is 13.5.